The molecule has 0 aliphatic carbocycles. The number of hydrogen-bond donors (Lipinski definition) is 1. The molecule has 0 fully saturated rings. The number of rotatable bonds is 6. The molecule has 5 nitrogen and oxygen atoms in total. The molecule has 0 spiro atoms. The van der Waals surface area contributed by atoms with Gasteiger partial charge in [-0.1, -0.05) is 22.9 Å². The second kappa shape index (κ2) is 7.07. The third-order valence-corrected chi connectivity index (χ3v) is 4.07. The fraction of sp³-hybridized carbons (Fsp3) is 0.375. The third-order valence-electron chi connectivity index (χ3n) is 3.54. The lowest BCUT2D eigenvalue weighted by Gasteiger charge is -2.18. The van der Waals surface area contributed by atoms with E-state index in [1.165, 1.54) is 0 Å². The molecule has 0 bridgehead atoms. The summed E-state index contributed by atoms with van der Waals surface area (Å²) in [6.45, 7) is 4.88. The molecule has 2 rings (SSSR count). The zero-order valence-corrected chi connectivity index (χ0v) is 14.5. The summed E-state index contributed by atoms with van der Waals surface area (Å²) in [5, 5.41) is 13.5. The predicted octanol–water partition coefficient (Wildman–Crippen LogP) is 3.10. The molecule has 118 valence electrons. The molecule has 1 N–H and O–H groups in total. The number of aromatic nitrogens is 2. The van der Waals surface area contributed by atoms with E-state index in [2.05, 4.69) is 21.0 Å². The van der Waals surface area contributed by atoms with Gasteiger partial charge in [-0.2, -0.15) is 5.10 Å². The van der Waals surface area contributed by atoms with Crippen molar-refractivity contribution in [2.75, 3.05) is 13.6 Å². The summed E-state index contributed by atoms with van der Waals surface area (Å²) in [4.78, 5) is 12.9. The van der Waals surface area contributed by atoms with Crippen molar-refractivity contribution in [3.63, 3.8) is 0 Å². The van der Waals surface area contributed by atoms with E-state index < -0.39 is 5.97 Å². The van der Waals surface area contributed by atoms with Crippen molar-refractivity contribution in [3.05, 3.63) is 46.2 Å². The number of aryl methyl sites for hydroxylation is 1. The van der Waals surface area contributed by atoms with Gasteiger partial charge in [0.25, 0.3) is 0 Å². The molecule has 0 radical (unpaired) electrons. The summed E-state index contributed by atoms with van der Waals surface area (Å²) in [5.74, 6) is -1.15. The largest absolute Gasteiger partial charge is 0.481 e. The molecule has 22 heavy (non-hydrogen) atoms. The van der Waals surface area contributed by atoms with E-state index >= 15 is 0 Å². The van der Waals surface area contributed by atoms with Crippen molar-refractivity contribution in [2.45, 2.75) is 20.4 Å². The Kier molecular flexibility index (Phi) is 5.37. The minimum Gasteiger partial charge on any atom is -0.481 e. The quantitative estimate of drug-likeness (QED) is 0.854. The van der Waals surface area contributed by atoms with Gasteiger partial charge in [-0.25, -0.2) is 4.68 Å². The van der Waals surface area contributed by atoms with Crippen LogP contribution in [0.2, 0.25) is 0 Å². The minimum absolute atomic E-state index is 0.383. The van der Waals surface area contributed by atoms with Crippen LogP contribution in [-0.2, 0) is 11.3 Å². The average Bonchev–Trinajstić information content (AvgIpc) is 2.80. The molecule has 1 atom stereocenters. The molecular formula is C16H20BrN3O2. The van der Waals surface area contributed by atoms with Gasteiger partial charge >= 0.3 is 5.97 Å². The van der Waals surface area contributed by atoms with Crippen molar-refractivity contribution in [1.82, 2.24) is 14.7 Å². The van der Waals surface area contributed by atoms with Crippen LogP contribution in [0.25, 0.3) is 5.69 Å². The predicted molar refractivity (Wildman–Crippen MR) is 89.1 cm³/mol. The van der Waals surface area contributed by atoms with E-state index in [0.29, 0.717) is 13.1 Å². The number of nitrogens with zero attached hydrogens (tertiary/aromatic N) is 3. The van der Waals surface area contributed by atoms with Crippen LogP contribution < -0.4 is 0 Å². The summed E-state index contributed by atoms with van der Waals surface area (Å²) in [7, 11) is 1.93. The molecular weight excluding hydrogens is 346 g/mol. The van der Waals surface area contributed by atoms with Gasteiger partial charge in [-0.3, -0.25) is 4.79 Å². The van der Waals surface area contributed by atoms with E-state index in [0.717, 1.165) is 21.4 Å². The zero-order chi connectivity index (χ0) is 16.3. The Morgan fingerprint density at radius 2 is 2.05 bits per heavy atom. The van der Waals surface area contributed by atoms with E-state index in [-0.39, 0.29) is 5.92 Å². The topological polar surface area (TPSA) is 58.4 Å². The first-order valence-electron chi connectivity index (χ1n) is 7.09. The van der Waals surface area contributed by atoms with Gasteiger partial charge in [0.15, 0.2) is 0 Å². The average molecular weight is 366 g/mol. The van der Waals surface area contributed by atoms with E-state index in [4.69, 9.17) is 5.11 Å². The highest BCUT2D eigenvalue weighted by atomic mass is 79.9. The summed E-state index contributed by atoms with van der Waals surface area (Å²) in [5.41, 5.74) is 3.06. The lowest BCUT2D eigenvalue weighted by atomic mass is 10.1. The lowest BCUT2D eigenvalue weighted by Crippen LogP contribution is -2.28. The van der Waals surface area contributed by atoms with Crippen LogP contribution >= 0.6 is 15.9 Å². The maximum absolute atomic E-state index is 10.9. The number of carboxylic acids is 1. The van der Waals surface area contributed by atoms with Crippen LogP contribution in [0.5, 0.6) is 0 Å². The first kappa shape index (κ1) is 16.7. The van der Waals surface area contributed by atoms with Crippen LogP contribution in [0.15, 0.2) is 34.9 Å². The molecule has 6 heteroatoms. The Bertz CT molecular complexity index is 652. The number of benzene rings is 1. The molecule has 1 heterocycles. The Labute approximate surface area is 138 Å². The lowest BCUT2D eigenvalue weighted by molar-refractivity contribution is -0.141. The smallest absolute Gasteiger partial charge is 0.307 e. The number of aliphatic carboxylic acids is 1. The highest BCUT2D eigenvalue weighted by Gasteiger charge is 2.15. The van der Waals surface area contributed by atoms with E-state index in [1.54, 1.807) is 6.92 Å². The van der Waals surface area contributed by atoms with Crippen molar-refractivity contribution < 1.29 is 9.90 Å². The van der Waals surface area contributed by atoms with Crippen LogP contribution in [0.4, 0.5) is 0 Å². The second-order valence-electron chi connectivity index (χ2n) is 5.60. The molecule has 0 saturated heterocycles. The van der Waals surface area contributed by atoms with Gasteiger partial charge in [0.1, 0.15) is 0 Å². The van der Waals surface area contributed by atoms with Crippen molar-refractivity contribution in [1.29, 1.82) is 0 Å². The molecule has 1 aromatic heterocycles. The Hall–Kier alpha value is -1.66. The SMILES string of the molecule is Cc1nn(-c2ccc(Br)cc2)cc1CN(C)CC(C)C(=O)O. The minimum atomic E-state index is -0.769. The van der Waals surface area contributed by atoms with Crippen molar-refractivity contribution in [3.8, 4) is 5.69 Å². The van der Waals surface area contributed by atoms with Gasteiger partial charge in [-0.15, -0.1) is 0 Å². The molecule has 0 aliphatic heterocycles. The van der Waals surface area contributed by atoms with Crippen LogP contribution in [0.1, 0.15) is 18.2 Å². The van der Waals surface area contributed by atoms with Gasteiger partial charge in [-0.05, 0) is 38.2 Å². The third kappa shape index (κ3) is 4.18. The van der Waals surface area contributed by atoms with Crippen molar-refractivity contribution in [2.24, 2.45) is 5.92 Å². The Morgan fingerprint density at radius 1 is 1.41 bits per heavy atom. The first-order valence-corrected chi connectivity index (χ1v) is 7.88. The van der Waals surface area contributed by atoms with Crippen LogP contribution in [0, 0.1) is 12.8 Å². The van der Waals surface area contributed by atoms with Gasteiger partial charge < -0.3 is 10.0 Å². The molecule has 1 unspecified atom stereocenters. The fourth-order valence-electron chi connectivity index (χ4n) is 2.28. The summed E-state index contributed by atoms with van der Waals surface area (Å²) in [6.07, 6.45) is 2.00. The number of carboxylic acid groups (broad SMARTS) is 1. The monoisotopic (exact) mass is 365 g/mol. The molecule has 1 aromatic carbocycles. The highest BCUT2D eigenvalue weighted by Crippen LogP contribution is 2.17. The van der Waals surface area contributed by atoms with Gasteiger partial charge in [0.2, 0.25) is 0 Å². The Morgan fingerprint density at radius 3 is 2.64 bits per heavy atom. The molecule has 0 saturated carbocycles. The van der Waals surface area contributed by atoms with E-state index in [9.17, 15) is 4.79 Å². The van der Waals surface area contributed by atoms with Crippen LogP contribution in [0.3, 0.4) is 0 Å². The Balaban J connectivity index is 2.09. The van der Waals surface area contributed by atoms with Gasteiger partial charge in [0.05, 0.1) is 17.3 Å². The maximum Gasteiger partial charge on any atom is 0.307 e. The van der Waals surface area contributed by atoms with E-state index in [1.807, 2.05) is 54.0 Å². The highest BCUT2D eigenvalue weighted by molar-refractivity contribution is 9.10. The molecule has 2 aromatic rings. The normalized spacial score (nSPS) is 12.6. The summed E-state index contributed by atoms with van der Waals surface area (Å²) in [6, 6.07) is 7.95. The number of hydrogen-bond acceptors (Lipinski definition) is 3. The number of halogens is 1. The fourth-order valence-corrected chi connectivity index (χ4v) is 2.54. The standard InChI is InChI=1S/C16H20BrN3O2/c1-11(16(21)22)8-19(3)9-13-10-20(18-12(13)2)15-6-4-14(17)5-7-15/h4-7,10-11H,8-9H2,1-3H3,(H,21,22). The molecule has 0 amide bonds. The first-order chi connectivity index (χ1) is 10.4. The summed E-state index contributed by atoms with van der Waals surface area (Å²) >= 11 is 3.42. The second-order valence-corrected chi connectivity index (χ2v) is 6.51. The zero-order valence-electron chi connectivity index (χ0n) is 13.0. The molecule has 0 aliphatic rings. The maximum atomic E-state index is 10.9. The summed E-state index contributed by atoms with van der Waals surface area (Å²) < 4.78 is 2.88. The van der Waals surface area contributed by atoms with Gasteiger partial charge in [0, 0.05) is 29.3 Å². The number of carbonyl (C=O) groups is 1. The van der Waals surface area contributed by atoms with Crippen molar-refractivity contribution >= 4 is 21.9 Å². The van der Waals surface area contributed by atoms with Crippen LogP contribution in [-0.4, -0.2) is 39.3 Å².